The minimum atomic E-state index is -2.58. The van der Waals surface area contributed by atoms with Crippen LogP contribution in [0.15, 0.2) is 6.20 Å². The number of hydrogen-bond donors (Lipinski definition) is 1. The number of hydrogen-bond acceptors (Lipinski definition) is 2. The Morgan fingerprint density at radius 1 is 1.62 bits per heavy atom. The molecule has 0 atom stereocenters. The van der Waals surface area contributed by atoms with Crippen LogP contribution in [0.1, 0.15) is 23.2 Å². The van der Waals surface area contributed by atoms with E-state index in [1.54, 1.807) is 6.92 Å². The Balaban J connectivity index is 3.27. The average Bonchev–Trinajstić information content (AvgIpc) is 2.04. The van der Waals surface area contributed by atoms with Crippen molar-refractivity contribution >= 4 is 17.3 Å². The summed E-state index contributed by atoms with van der Waals surface area (Å²) in [7, 11) is 0. The third-order valence-electron chi connectivity index (χ3n) is 1.87. The van der Waals surface area contributed by atoms with Gasteiger partial charge in [-0.15, -0.1) is 11.6 Å². The number of nitrogens with two attached hydrogens (primary N) is 1. The maximum atomic E-state index is 12.3. The SMILES string of the molecule is Cc1c(C(F)F)ncc(N)c1CCl. The molecular formula is C8H9ClF2N2. The summed E-state index contributed by atoms with van der Waals surface area (Å²) in [5, 5.41) is 0. The molecule has 72 valence electrons. The molecule has 0 amide bonds. The van der Waals surface area contributed by atoms with Crippen LogP contribution in [0.25, 0.3) is 0 Å². The van der Waals surface area contributed by atoms with Crippen LogP contribution in [-0.4, -0.2) is 4.98 Å². The Kier molecular flexibility index (Phi) is 3.03. The molecule has 1 rings (SSSR count). The van der Waals surface area contributed by atoms with Gasteiger partial charge in [0.1, 0.15) is 5.69 Å². The van der Waals surface area contributed by atoms with E-state index < -0.39 is 6.43 Å². The van der Waals surface area contributed by atoms with E-state index in [1.807, 2.05) is 0 Å². The van der Waals surface area contributed by atoms with Crippen molar-refractivity contribution < 1.29 is 8.78 Å². The van der Waals surface area contributed by atoms with Gasteiger partial charge in [0.15, 0.2) is 0 Å². The van der Waals surface area contributed by atoms with Gasteiger partial charge in [-0.05, 0) is 18.1 Å². The van der Waals surface area contributed by atoms with Gasteiger partial charge in [0.05, 0.1) is 11.9 Å². The highest BCUT2D eigenvalue weighted by Crippen LogP contribution is 2.26. The molecule has 0 aliphatic heterocycles. The molecule has 0 saturated heterocycles. The summed E-state index contributed by atoms with van der Waals surface area (Å²) in [6.07, 6.45) is -1.37. The summed E-state index contributed by atoms with van der Waals surface area (Å²) in [5.41, 5.74) is 6.54. The van der Waals surface area contributed by atoms with E-state index >= 15 is 0 Å². The van der Waals surface area contributed by atoms with Gasteiger partial charge in [-0.2, -0.15) is 0 Å². The number of pyridine rings is 1. The van der Waals surface area contributed by atoms with Crippen molar-refractivity contribution in [3.8, 4) is 0 Å². The van der Waals surface area contributed by atoms with E-state index in [1.165, 1.54) is 6.20 Å². The fraction of sp³-hybridized carbons (Fsp3) is 0.375. The number of nitrogens with zero attached hydrogens (tertiary/aromatic N) is 1. The number of anilines is 1. The Morgan fingerprint density at radius 3 is 2.69 bits per heavy atom. The normalized spacial score (nSPS) is 10.8. The van der Waals surface area contributed by atoms with E-state index in [0.29, 0.717) is 16.8 Å². The third-order valence-corrected chi connectivity index (χ3v) is 2.14. The van der Waals surface area contributed by atoms with Crippen molar-refractivity contribution in [3.05, 3.63) is 23.0 Å². The lowest BCUT2D eigenvalue weighted by Crippen LogP contribution is -2.02. The summed E-state index contributed by atoms with van der Waals surface area (Å²) in [4.78, 5) is 3.55. The molecule has 13 heavy (non-hydrogen) atoms. The first-order chi connectivity index (χ1) is 6.07. The highest BCUT2D eigenvalue weighted by atomic mass is 35.5. The minimum absolute atomic E-state index is 0.125. The van der Waals surface area contributed by atoms with E-state index in [9.17, 15) is 8.78 Å². The van der Waals surface area contributed by atoms with Crippen LogP contribution in [0.3, 0.4) is 0 Å². The number of rotatable bonds is 2. The van der Waals surface area contributed by atoms with Crippen LogP contribution in [0.4, 0.5) is 14.5 Å². The average molecular weight is 207 g/mol. The fourth-order valence-electron chi connectivity index (χ4n) is 1.08. The number of aromatic nitrogens is 1. The van der Waals surface area contributed by atoms with Crippen molar-refractivity contribution in [2.75, 3.05) is 5.73 Å². The lowest BCUT2D eigenvalue weighted by atomic mass is 10.1. The molecule has 0 fully saturated rings. The van der Waals surface area contributed by atoms with Crippen molar-refractivity contribution in [1.82, 2.24) is 4.98 Å². The van der Waals surface area contributed by atoms with Gasteiger partial charge in [0, 0.05) is 5.88 Å². The van der Waals surface area contributed by atoms with E-state index in [0.717, 1.165) is 0 Å². The molecule has 1 aromatic rings. The van der Waals surface area contributed by atoms with Crippen LogP contribution < -0.4 is 5.73 Å². The molecule has 1 heterocycles. The van der Waals surface area contributed by atoms with Gasteiger partial charge < -0.3 is 5.73 Å². The van der Waals surface area contributed by atoms with Gasteiger partial charge in [-0.25, -0.2) is 8.78 Å². The summed E-state index contributed by atoms with van der Waals surface area (Å²) >= 11 is 5.56. The summed E-state index contributed by atoms with van der Waals surface area (Å²) in [6, 6.07) is 0. The van der Waals surface area contributed by atoms with Crippen molar-refractivity contribution in [1.29, 1.82) is 0 Å². The number of alkyl halides is 3. The van der Waals surface area contributed by atoms with Gasteiger partial charge in [-0.3, -0.25) is 4.98 Å². The molecule has 0 spiro atoms. The van der Waals surface area contributed by atoms with Crippen LogP contribution >= 0.6 is 11.6 Å². The van der Waals surface area contributed by atoms with Gasteiger partial charge in [-0.1, -0.05) is 0 Å². The Labute approximate surface area is 79.7 Å². The topological polar surface area (TPSA) is 38.9 Å². The highest BCUT2D eigenvalue weighted by molar-refractivity contribution is 6.17. The van der Waals surface area contributed by atoms with Crippen LogP contribution in [0.5, 0.6) is 0 Å². The zero-order valence-electron chi connectivity index (χ0n) is 7.02. The second-order valence-electron chi connectivity index (χ2n) is 2.64. The zero-order valence-corrected chi connectivity index (χ0v) is 7.78. The van der Waals surface area contributed by atoms with E-state index in [4.69, 9.17) is 17.3 Å². The first kappa shape index (κ1) is 10.2. The molecule has 2 nitrogen and oxygen atoms in total. The molecule has 0 radical (unpaired) electrons. The molecule has 0 aliphatic carbocycles. The van der Waals surface area contributed by atoms with Crippen molar-refractivity contribution in [2.45, 2.75) is 19.2 Å². The molecule has 0 aliphatic rings. The summed E-state index contributed by atoms with van der Waals surface area (Å²) < 4.78 is 24.7. The molecule has 0 aromatic carbocycles. The molecule has 0 unspecified atom stereocenters. The summed E-state index contributed by atoms with van der Waals surface area (Å²) in [5.74, 6) is 0.125. The van der Waals surface area contributed by atoms with Crippen LogP contribution in [0, 0.1) is 6.92 Å². The standard InChI is InChI=1S/C8H9ClF2N2/c1-4-5(2-9)6(12)3-13-7(4)8(10)11/h3,8H,2,12H2,1H3. The van der Waals surface area contributed by atoms with Gasteiger partial charge in [0.2, 0.25) is 0 Å². The molecular weight excluding hydrogens is 198 g/mol. The third kappa shape index (κ3) is 1.88. The van der Waals surface area contributed by atoms with Gasteiger partial charge >= 0.3 is 0 Å². The molecule has 5 heteroatoms. The van der Waals surface area contributed by atoms with Crippen molar-refractivity contribution in [2.24, 2.45) is 0 Å². The molecule has 1 aromatic heterocycles. The Hall–Kier alpha value is -0.900. The van der Waals surface area contributed by atoms with Crippen LogP contribution in [0.2, 0.25) is 0 Å². The smallest absolute Gasteiger partial charge is 0.280 e. The first-order valence-electron chi connectivity index (χ1n) is 3.66. The zero-order chi connectivity index (χ0) is 10.0. The molecule has 2 N–H and O–H groups in total. The maximum Gasteiger partial charge on any atom is 0.280 e. The summed E-state index contributed by atoms with van der Waals surface area (Å²) in [6.45, 7) is 1.54. The quantitative estimate of drug-likeness (QED) is 0.756. The van der Waals surface area contributed by atoms with E-state index in [2.05, 4.69) is 4.98 Å². The maximum absolute atomic E-state index is 12.3. The second-order valence-corrected chi connectivity index (χ2v) is 2.90. The monoisotopic (exact) mass is 206 g/mol. The number of halogens is 3. The second kappa shape index (κ2) is 3.87. The minimum Gasteiger partial charge on any atom is -0.397 e. The largest absolute Gasteiger partial charge is 0.397 e. The predicted molar refractivity (Wildman–Crippen MR) is 47.9 cm³/mol. The molecule has 0 bridgehead atoms. The number of nitrogen functional groups attached to an aromatic ring is 1. The van der Waals surface area contributed by atoms with Crippen LogP contribution in [-0.2, 0) is 5.88 Å². The van der Waals surface area contributed by atoms with Gasteiger partial charge in [0.25, 0.3) is 6.43 Å². The van der Waals surface area contributed by atoms with E-state index in [-0.39, 0.29) is 11.6 Å². The highest BCUT2D eigenvalue weighted by Gasteiger charge is 2.15. The lowest BCUT2D eigenvalue weighted by Gasteiger charge is -2.09. The fourth-order valence-corrected chi connectivity index (χ4v) is 1.44. The Morgan fingerprint density at radius 2 is 2.23 bits per heavy atom. The lowest BCUT2D eigenvalue weighted by molar-refractivity contribution is 0.145. The predicted octanol–water partition coefficient (Wildman–Crippen LogP) is 2.65. The first-order valence-corrected chi connectivity index (χ1v) is 4.19. The van der Waals surface area contributed by atoms with Crippen molar-refractivity contribution in [3.63, 3.8) is 0 Å². The Bertz CT molecular complexity index is 315. The molecule has 0 saturated carbocycles.